The van der Waals surface area contributed by atoms with Crippen LogP contribution < -0.4 is 5.48 Å². The second-order valence-corrected chi connectivity index (χ2v) is 9.03. The summed E-state index contributed by atoms with van der Waals surface area (Å²) in [5.41, 5.74) is 2.89. The molecule has 1 atom stereocenters. The van der Waals surface area contributed by atoms with Gasteiger partial charge in [0, 0.05) is 18.7 Å². The number of hydroxylamine groups is 1. The summed E-state index contributed by atoms with van der Waals surface area (Å²) in [6.07, 6.45) is 0.683. The molecule has 2 N–H and O–H groups in total. The first kappa shape index (κ1) is 21.8. The van der Waals surface area contributed by atoms with Gasteiger partial charge in [0.15, 0.2) is 0 Å². The van der Waals surface area contributed by atoms with Crippen LogP contribution >= 0.6 is 0 Å². The summed E-state index contributed by atoms with van der Waals surface area (Å²) in [4.78, 5) is 0. The van der Waals surface area contributed by atoms with Crippen LogP contribution in [0.2, 0.25) is 0 Å². The van der Waals surface area contributed by atoms with Gasteiger partial charge < -0.3 is 9.94 Å². The maximum absolute atomic E-state index is 13.7. The van der Waals surface area contributed by atoms with Gasteiger partial charge in [-0.05, 0) is 36.6 Å². The van der Waals surface area contributed by atoms with Gasteiger partial charge in [0.25, 0.3) is 0 Å². The van der Waals surface area contributed by atoms with Crippen LogP contribution in [0, 0.1) is 11.6 Å². The molecule has 2 aromatic carbocycles. The van der Waals surface area contributed by atoms with Crippen molar-refractivity contribution in [3.8, 4) is 0 Å². The van der Waals surface area contributed by atoms with Gasteiger partial charge in [-0.25, -0.2) is 21.5 Å². The fraction of sp³-hybridized carbons (Fsp3) is 0.400. The monoisotopic (exact) mass is 426 g/mol. The molecule has 158 valence electrons. The van der Waals surface area contributed by atoms with Gasteiger partial charge in [-0.15, -0.1) is 0 Å². The third-order valence-electron chi connectivity index (χ3n) is 5.01. The van der Waals surface area contributed by atoms with Crippen LogP contribution in [0.1, 0.15) is 30.0 Å². The number of ether oxygens (including phenoxy) is 1. The molecule has 0 spiro atoms. The highest BCUT2D eigenvalue weighted by molar-refractivity contribution is 7.89. The Labute approximate surface area is 169 Å². The predicted molar refractivity (Wildman–Crippen MR) is 104 cm³/mol. The van der Waals surface area contributed by atoms with Crippen molar-refractivity contribution in [3.63, 3.8) is 0 Å². The Bertz CT molecular complexity index is 904. The summed E-state index contributed by atoms with van der Waals surface area (Å²) >= 11 is 0. The second-order valence-electron chi connectivity index (χ2n) is 7.02. The van der Waals surface area contributed by atoms with Crippen LogP contribution in [0.5, 0.6) is 0 Å². The first-order valence-electron chi connectivity index (χ1n) is 9.37. The lowest BCUT2D eigenvalue weighted by Crippen LogP contribution is -2.43. The Morgan fingerprint density at radius 3 is 2.48 bits per heavy atom. The van der Waals surface area contributed by atoms with Crippen LogP contribution in [0.25, 0.3) is 0 Å². The average molecular weight is 426 g/mol. The van der Waals surface area contributed by atoms with Crippen molar-refractivity contribution >= 4 is 10.0 Å². The van der Waals surface area contributed by atoms with E-state index in [1.54, 1.807) is 24.3 Å². The molecular weight excluding hydrogens is 402 g/mol. The van der Waals surface area contributed by atoms with Crippen LogP contribution in [0.15, 0.2) is 48.5 Å². The zero-order chi connectivity index (χ0) is 20.9. The molecule has 2 aromatic rings. The Kier molecular flexibility index (Phi) is 7.31. The molecule has 0 radical (unpaired) electrons. The molecule has 6 nitrogen and oxygen atoms in total. The zero-order valence-corrected chi connectivity index (χ0v) is 16.6. The second kappa shape index (κ2) is 9.73. The number of hydrogen-bond acceptors (Lipinski definition) is 5. The summed E-state index contributed by atoms with van der Waals surface area (Å²) < 4.78 is 59.4. The lowest BCUT2D eigenvalue weighted by Gasteiger charge is -2.32. The molecular formula is C20H24F2N2O4S. The van der Waals surface area contributed by atoms with Gasteiger partial charge in [0.2, 0.25) is 10.0 Å². The predicted octanol–water partition coefficient (Wildman–Crippen LogP) is 3.00. The summed E-state index contributed by atoms with van der Waals surface area (Å²) in [7, 11) is -3.60. The van der Waals surface area contributed by atoms with Crippen molar-refractivity contribution in [3.05, 3.63) is 71.3 Å². The Balaban J connectivity index is 1.53. The Morgan fingerprint density at radius 1 is 1.14 bits per heavy atom. The molecule has 1 aliphatic rings. The normalized spacial score (nSPS) is 17.3. The summed E-state index contributed by atoms with van der Waals surface area (Å²) in [5.74, 6) is -1.33. The molecule has 1 fully saturated rings. The molecule has 1 heterocycles. The fourth-order valence-electron chi connectivity index (χ4n) is 3.35. The number of piperidine rings is 1. The summed E-state index contributed by atoms with van der Waals surface area (Å²) in [5, 5.41) is 9.39. The van der Waals surface area contributed by atoms with E-state index in [1.165, 1.54) is 4.31 Å². The molecule has 0 saturated carbocycles. The van der Waals surface area contributed by atoms with Crippen LogP contribution in [0.4, 0.5) is 8.78 Å². The van der Waals surface area contributed by atoms with Gasteiger partial charge in [-0.1, -0.05) is 30.3 Å². The standard InChI is InChI=1S/C20H24F2N2O4S/c21-17-6-7-19(22)16(12-17)13-28-18-8-10-24(11-9-18)29(26,27)14-20(23-25)15-4-2-1-3-5-15/h1-7,12,18,20,23,25H,8-11,13-14H2/t20-/m0/s1. The summed E-state index contributed by atoms with van der Waals surface area (Å²) in [6.45, 7) is 0.475. The molecule has 1 saturated heterocycles. The van der Waals surface area contributed by atoms with Crippen molar-refractivity contribution in [2.24, 2.45) is 0 Å². The maximum Gasteiger partial charge on any atom is 0.216 e. The Hall–Kier alpha value is -1.91. The SMILES string of the molecule is O=S(=O)(C[C@H](NO)c1ccccc1)N1CCC(OCc2cc(F)ccc2F)CC1. The fourth-order valence-corrected chi connectivity index (χ4v) is 5.01. The van der Waals surface area contributed by atoms with E-state index in [4.69, 9.17) is 4.74 Å². The van der Waals surface area contributed by atoms with Crippen molar-refractivity contribution in [1.82, 2.24) is 9.79 Å². The highest BCUT2D eigenvalue weighted by Gasteiger charge is 2.31. The van der Waals surface area contributed by atoms with E-state index in [-0.39, 0.29) is 37.1 Å². The van der Waals surface area contributed by atoms with Gasteiger partial charge in [0.1, 0.15) is 11.6 Å². The van der Waals surface area contributed by atoms with E-state index in [0.717, 1.165) is 18.2 Å². The smallest absolute Gasteiger partial charge is 0.216 e. The largest absolute Gasteiger partial charge is 0.373 e. The molecule has 0 unspecified atom stereocenters. The van der Waals surface area contributed by atoms with Gasteiger partial charge >= 0.3 is 0 Å². The van der Waals surface area contributed by atoms with E-state index in [2.05, 4.69) is 5.48 Å². The van der Waals surface area contributed by atoms with Gasteiger partial charge in [0.05, 0.1) is 24.5 Å². The van der Waals surface area contributed by atoms with Gasteiger partial charge in [-0.2, -0.15) is 5.48 Å². The number of halogens is 2. The average Bonchev–Trinajstić information content (AvgIpc) is 2.73. The molecule has 0 amide bonds. The number of nitrogens with zero attached hydrogens (tertiary/aromatic N) is 1. The van der Waals surface area contributed by atoms with E-state index < -0.39 is 27.7 Å². The van der Waals surface area contributed by atoms with E-state index in [0.29, 0.717) is 18.4 Å². The van der Waals surface area contributed by atoms with Crippen molar-refractivity contribution in [1.29, 1.82) is 0 Å². The lowest BCUT2D eigenvalue weighted by molar-refractivity contribution is 0.00882. The van der Waals surface area contributed by atoms with Crippen LogP contribution in [-0.4, -0.2) is 42.9 Å². The van der Waals surface area contributed by atoms with Crippen molar-refractivity contribution < 1.29 is 27.1 Å². The highest BCUT2D eigenvalue weighted by Crippen LogP contribution is 2.22. The molecule has 0 aromatic heterocycles. The molecule has 9 heteroatoms. The number of benzene rings is 2. The maximum atomic E-state index is 13.7. The first-order valence-corrected chi connectivity index (χ1v) is 11.0. The lowest BCUT2D eigenvalue weighted by atomic mass is 10.1. The van der Waals surface area contributed by atoms with Crippen LogP contribution in [0.3, 0.4) is 0 Å². The Morgan fingerprint density at radius 2 is 1.83 bits per heavy atom. The number of sulfonamides is 1. The zero-order valence-electron chi connectivity index (χ0n) is 15.8. The van der Waals surface area contributed by atoms with Gasteiger partial charge in [-0.3, -0.25) is 0 Å². The van der Waals surface area contributed by atoms with E-state index in [1.807, 2.05) is 6.07 Å². The van der Waals surface area contributed by atoms with E-state index >= 15 is 0 Å². The third kappa shape index (κ3) is 5.80. The minimum Gasteiger partial charge on any atom is -0.373 e. The quantitative estimate of drug-likeness (QED) is 0.635. The van der Waals surface area contributed by atoms with E-state index in [9.17, 15) is 22.4 Å². The third-order valence-corrected chi connectivity index (χ3v) is 6.92. The molecule has 3 rings (SSSR count). The number of rotatable bonds is 8. The van der Waals surface area contributed by atoms with Crippen LogP contribution in [-0.2, 0) is 21.4 Å². The topological polar surface area (TPSA) is 78.9 Å². The first-order chi connectivity index (χ1) is 13.9. The van der Waals surface area contributed by atoms with Crippen molar-refractivity contribution in [2.45, 2.75) is 31.6 Å². The minimum atomic E-state index is -3.60. The summed E-state index contributed by atoms with van der Waals surface area (Å²) in [6, 6.07) is 11.3. The minimum absolute atomic E-state index is 0.0640. The highest BCUT2D eigenvalue weighted by atomic mass is 32.2. The number of hydrogen-bond donors (Lipinski definition) is 2. The molecule has 29 heavy (non-hydrogen) atoms. The van der Waals surface area contributed by atoms with Crippen molar-refractivity contribution in [2.75, 3.05) is 18.8 Å². The molecule has 1 aliphatic heterocycles. The molecule has 0 aliphatic carbocycles. The molecule has 0 bridgehead atoms. The number of nitrogens with one attached hydrogen (secondary N) is 1.